The highest BCUT2D eigenvalue weighted by molar-refractivity contribution is 6.15. The number of nitrogens with zero attached hydrogens (tertiary/aromatic N) is 1. The van der Waals surface area contributed by atoms with Crippen LogP contribution in [0.25, 0.3) is 0 Å². The number of methoxy groups -OCH3 is 1. The minimum absolute atomic E-state index is 0.0887. The third-order valence-electron chi connectivity index (χ3n) is 2.53. The first-order valence-electron chi connectivity index (χ1n) is 4.77. The van der Waals surface area contributed by atoms with Gasteiger partial charge in [0.1, 0.15) is 6.61 Å². The van der Waals surface area contributed by atoms with Crippen LogP contribution in [0.5, 0.6) is 0 Å². The van der Waals surface area contributed by atoms with Gasteiger partial charge in [0.2, 0.25) is 13.9 Å². The van der Waals surface area contributed by atoms with Gasteiger partial charge in [-0.2, -0.15) is 0 Å². The summed E-state index contributed by atoms with van der Waals surface area (Å²) in [5.74, 6) is -0.370. The first-order chi connectivity index (χ1) is 7.06. The molecule has 0 N–H and O–H groups in total. The summed E-state index contributed by atoms with van der Waals surface area (Å²) in [7, 11) is 6.84. The Balaban J connectivity index is 2.32. The number of carbonyl (C=O) groups is 2. The Hall–Kier alpha value is -1.04. The third kappa shape index (κ3) is 2.96. The predicted octanol–water partition coefficient (Wildman–Crippen LogP) is -0.504. The molecule has 0 saturated carbocycles. The van der Waals surface area contributed by atoms with Gasteiger partial charge < -0.3 is 14.3 Å². The van der Waals surface area contributed by atoms with Crippen molar-refractivity contribution in [1.29, 1.82) is 0 Å². The van der Waals surface area contributed by atoms with Gasteiger partial charge in [-0.1, -0.05) is 6.92 Å². The summed E-state index contributed by atoms with van der Waals surface area (Å²) in [6.45, 7) is 2.08. The first-order valence-corrected chi connectivity index (χ1v) is 4.77. The van der Waals surface area contributed by atoms with Crippen molar-refractivity contribution < 1.29 is 19.1 Å². The van der Waals surface area contributed by atoms with Crippen molar-refractivity contribution in [3.05, 3.63) is 0 Å². The monoisotopic (exact) mass is 211 g/mol. The Labute approximate surface area is 90.1 Å². The van der Waals surface area contributed by atoms with Crippen molar-refractivity contribution in [2.24, 2.45) is 5.92 Å². The van der Waals surface area contributed by atoms with Gasteiger partial charge in [0.15, 0.2) is 0 Å². The molecule has 82 valence electrons. The highest BCUT2D eigenvalue weighted by Crippen LogP contribution is 2.23. The van der Waals surface area contributed by atoms with Gasteiger partial charge in [-0.15, -0.1) is 0 Å². The van der Waals surface area contributed by atoms with Crippen molar-refractivity contribution in [3.8, 4) is 0 Å². The molecular formula is C9H14BNO4. The Morgan fingerprint density at radius 2 is 2.33 bits per heavy atom. The Morgan fingerprint density at radius 1 is 1.67 bits per heavy atom. The van der Waals surface area contributed by atoms with E-state index in [1.807, 2.05) is 6.92 Å². The van der Waals surface area contributed by atoms with Gasteiger partial charge in [-0.3, -0.25) is 4.79 Å². The quantitative estimate of drug-likeness (QED) is 0.464. The third-order valence-corrected chi connectivity index (χ3v) is 2.53. The standard InChI is InChI=1S/C9H14BNO4/c1-6-3-8(12)11(10)7(6)4-15-5-9(13)14-2/h6-7H,3-5H2,1-2H3. The fraction of sp³-hybridized carbons (Fsp3) is 0.778. The molecule has 1 aliphatic heterocycles. The molecule has 0 aromatic rings. The summed E-state index contributed by atoms with van der Waals surface area (Å²) in [6, 6.07) is -0.151. The van der Waals surface area contributed by atoms with Crippen LogP contribution in [0.4, 0.5) is 0 Å². The van der Waals surface area contributed by atoms with Crippen molar-refractivity contribution in [2.45, 2.75) is 19.4 Å². The lowest BCUT2D eigenvalue weighted by atomic mass is 10.0. The maximum atomic E-state index is 11.2. The summed E-state index contributed by atoms with van der Waals surface area (Å²) < 4.78 is 9.52. The highest BCUT2D eigenvalue weighted by Gasteiger charge is 2.33. The molecule has 2 atom stereocenters. The second-order valence-corrected chi connectivity index (χ2v) is 3.64. The second-order valence-electron chi connectivity index (χ2n) is 3.64. The molecule has 0 aromatic heterocycles. The van der Waals surface area contributed by atoms with Crippen LogP contribution in [-0.2, 0) is 19.1 Å². The molecule has 0 spiro atoms. The summed E-state index contributed by atoms with van der Waals surface area (Å²) in [6.07, 6.45) is 0.433. The van der Waals surface area contributed by atoms with E-state index in [1.54, 1.807) is 0 Å². The largest absolute Gasteiger partial charge is 0.467 e. The fourth-order valence-electron chi connectivity index (χ4n) is 1.54. The topological polar surface area (TPSA) is 55.8 Å². The zero-order chi connectivity index (χ0) is 11.4. The molecule has 0 aliphatic carbocycles. The van der Waals surface area contributed by atoms with E-state index >= 15 is 0 Å². The van der Waals surface area contributed by atoms with E-state index in [-0.39, 0.29) is 31.1 Å². The van der Waals surface area contributed by atoms with Crippen LogP contribution in [0.15, 0.2) is 0 Å². The molecule has 5 nitrogen and oxygen atoms in total. The van der Waals surface area contributed by atoms with Crippen LogP contribution in [0.3, 0.4) is 0 Å². The van der Waals surface area contributed by atoms with E-state index < -0.39 is 5.97 Å². The van der Waals surface area contributed by atoms with Crippen LogP contribution in [-0.4, -0.2) is 51.0 Å². The molecule has 1 rings (SSSR count). The van der Waals surface area contributed by atoms with E-state index in [4.69, 9.17) is 12.7 Å². The molecule has 0 bridgehead atoms. The summed E-state index contributed by atoms with van der Waals surface area (Å²) in [5.41, 5.74) is 0. The molecule has 1 saturated heterocycles. The molecule has 0 aromatic carbocycles. The predicted molar refractivity (Wildman–Crippen MR) is 53.0 cm³/mol. The van der Waals surface area contributed by atoms with Crippen molar-refractivity contribution in [1.82, 2.24) is 4.81 Å². The average molecular weight is 211 g/mol. The van der Waals surface area contributed by atoms with E-state index in [1.165, 1.54) is 11.9 Å². The number of rotatable bonds is 4. The minimum Gasteiger partial charge on any atom is -0.467 e. The van der Waals surface area contributed by atoms with Crippen molar-refractivity contribution >= 4 is 19.9 Å². The zero-order valence-corrected chi connectivity index (χ0v) is 8.93. The van der Waals surface area contributed by atoms with Gasteiger partial charge in [0, 0.05) is 12.5 Å². The number of esters is 1. The van der Waals surface area contributed by atoms with Crippen molar-refractivity contribution in [2.75, 3.05) is 20.3 Å². The Bertz CT molecular complexity index is 258. The summed E-state index contributed by atoms with van der Waals surface area (Å²) >= 11 is 0. The number of hydrogen-bond acceptors (Lipinski definition) is 4. The molecule has 2 unspecified atom stereocenters. The Morgan fingerprint density at radius 3 is 2.80 bits per heavy atom. The van der Waals surface area contributed by atoms with Gasteiger partial charge in [0.25, 0.3) is 0 Å². The average Bonchev–Trinajstić information content (AvgIpc) is 2.44. The Kier molecular flexibility index (Phi) is 4.14. The van der Waals surface area contributed by atoms with Gasteiger partial charge in [0.05, 0.1) is 13.7 Å². The zero-order valence-electron chi connectivity index (χ0n) is 8.93. The SMILES string of the molecule is [B]N1C(=O)CC(C)C1COCC(=O)OC. The van der Waals surface area contributed by atoms with E-state index in [2.05, 4.69) is 4.74 Å². The molecule has 1 amide bonds. The van der Waals surface area contributed by atoms with E-state index in [0.29, 0.717) is 6.42 Å². The number of hydrogen-bond donors (Lipinski definition) is 0. The summed E-state index contributed by atoms with van der Waals surface area (Å²) in [5, 5.41) is 0. The minimum atomic E-state index is -0.435. The smallest absolute Gasteiger partial charge is 0.331 e. The van der Waals surface area contributed by atoms with Crippen LogP contribution >= 0.6 is 0 Å². The lowest BCUT2D eigenvalue weighted by Crippen LogP contribution is -2.36. The first kappa shape index (κ1) is 12.0. The van der Waals surface area contributed by atoms with Crippen molar-refractivity contribution in [3.63, 3.8) is 0 Å². The lowest BCUT2D eigenvalue weighted by Gasteiger charge is -2.23. The highest BCUT2D eigenvalue weighted by atomic mass is 16.6. The molecule has 6 heteroatoms. The molecule has 1 fully saturated rings. The van der Waals surface area contributed by atoms with Gasteiger partial charge in [-0.05, 0) is 5.92 Å². The molecule has 1 heterocycles. The maximum absolute atomic E-state index is 11.2. The van der Waals surface area contributed by atoms with E-state index in [0.717, 1.165) is 0 Å². The summed E-state index contributed by atoms with van der Waals surface area (Å²) in [4.78, 5) is 23.1. The number of amides is 1. The van der Waals surface area contributed by atoms with Crippen LogP contribution < -0.4 is 0 Å². The number of ether oxygens (including phenoxy) is 2. The molecule has 1 aliphatic rings. The second kappa shape index (κ2) is 5.16. The lowest BCUT2D eigenvalue weighted by molar-refractivity contribution is -0.146. The van der Waals surface area contributed by atoms with Gasteiger partial charge in [-0.25, -0.2) is 4.79 Å². The van der Waals surface area contributed by atoms with Crippen LogP contribution in [0, 0.1) is 5.92 Å². The molecular weight excluding hydrogens is 197 g/mol. The fourth-order valence-corrected chi connectivity index (χ4v) is 1.54. The van der Waals surface area contributed by atoms with Crippen LogP contribution in [0.1, 0.15) is 13.3 Å². The van der Waals surface area contributed by atoms with Crippen LogP contribution in [0.2, 0.25) is 0 Å². The van der Waals surface area contributed by atoms with Gasteiger partial charge >= 0.3 is 5.97 Å². The maximum Gasteiger partial charge on any atom is 0.331 e. The normalized spacial score (nSPS) is 25.7. The van der Waals surface area contributed by atoms with E-state index in [9.17, 15) is 9.59 Å². The molecule has 15 heavy (non-hydrogen) atoms. The number of carbonyl (C=O) groups excluding carboxylic acids is 2. The molecule has 2 radical (unpaired) electrons.